The van der Waals surface area contributed by atoms with Gasteiger partial charge in [-0.1, -0.05) is 0 Å². The first kappa shape index (κ1) is 24.1. The van der Waals surface area contributed by atoms with E-state index in [-0.39, 0.29) is 11.9 Å². The zero-order valence-electron chi connectivity index (χ0n) is 21.2. The van der Waals surface area contributed by atoms with E-state index in [4.69, 9.17) is 9.47 Å². The highest BCUT2D eigenvalue weighted by Crippen LogP contribution is 2.36. The second-order valence-electron chi connectivity index (χ2n) is 9.51. The quantitative estimate of drug-likeness (QED) is 0.582. The molecule has 3 heterocycles. The van der Waals surface area contributed by atoms with Crippen LogP contribution in [0.3, 0.4) is 0 Å². The summed E-state index contributed by atoms with van der Waals surface area (Å²) in [6.07, 6.45) is 3.29. The van der Waals surface area contributed by atoms with Crippen LogP contribution in [-0.2, 0) is 0 Å². The highest BCUT2D eigenvalue weighted by molar-refractivity contribution is 5.90. The molecule has 2 saturated heterocycles. The van der Waals surface area contributed by atoms with Crippen molar-refractivity contribution in [3.05, 3.63) is 48.4 Å². The van der Waals surface area contributed by atoms with Gasteiger partial charge in [-0.3, -0.25) is 0 Å². The van der Waals surface area contributed by atoms with Gasteiger partial charge in [0.25, 0.3) is 0 Å². The third-order valence-electron chi connectivity index (χ3n) is 7.33. The predicted molar refractivity (Wildman–Crippen MR) is 141 cm³/mol. The Balaban J connectivity index is 1.20. The summed E-state index contributed by atoms with van der Waals surface area (Å²) in [5.74, 6) is 1.56. The maximum atomic E-state index is 12.9. The second kappa shape index (κ2) is 10.6. The summed E-state index contributed by atoms with van der Waals surface area (Å²) in [6, 6.07) is 12.0. The van der Waals surface area contributed by atoms with Gasteiger partial charge in [0.1, 0.15) is 6.33 Å². The van der Waals surface area contributed by atoms with Crippen LogP contribution in [0, 0.1) is 0 Å². The van der Waals surface area contributed by atoms with E-state index < -0.39 is 0 Å². The van der Waals surface area contributed by atoms with Crippen molar-refractivity contribution in [2.45, 2.75) is 18.8 Å². The number of nitrogens with zero attached hydrogens (tertiary/aromatic N) is 5. The summed E-state index contributed by atoms with van der Waals surface area (Å²) < 4.78 is 10.9. The standard InChI is InChI=1S/C27H34N6O3/c1-31-12-14-32(15-13-31)21-6-4-20(5-7-21)30-27(34)33-10-8-19(9-11-33)26-22-16-24(35-2)25(36-3)17-23(22)28-18-29-26/h4-7,16-19H,8-15H2,1-3H3,(H,30,34). The monoisotopic (exact) mass is 490 g/mol. The molecule has 2 aliphatic heterocycles. The molecule has 0 aliphatic carbocycles. The van der Waals surface area contributed by atoms with Crippen LogP contribution in [0.5, 0.6) is 11.5 Å². The average molecular weight is 491 g/mol. The van der Waals surface area contributed by atoms with Crippen LogP contribution in [0.15, 0.2) is 42.7 Å². The maximum absolute atomic E-state index is 12.9. The molecule has 0 bridgehead atoms. The fourth-order valence-corrected chi connectivity index (χ4v) is 5.11. The van der Waals surface area contributed by atoms with Crippen molar-refractivity contribution in [2.75, 3.05) is 70.8 Å². The Morgan fingerprint density at radius 1 is 0.917 bits per heavy atom. The number of nitrogens with one attached hydrogen (secondary N) is 1. The summed E-state index contributed by atoms with van der Waals surface area (Å²) in [6.45, 7) is 5.55. The Hall–Kier alpha value is -3.59. The lowest BCUT2D eigenvalue weighted by molar-refractivity contribution is 0.194. The summed E-state index contributed by atoms with van der Waals surface area (Å²) in [5.41, 5.74) is 3.86. The summed E-state index contributed by atoms with van der Waals surface area (Å²) in [7, 11) is 5.40. The molecule has 190 valence electrons. The smallest absolute Gasteiger partial charge is 0.321 e. The molecule has 0 spiro atoms. The number of piperazine rings is 1. The van der Waals surface area contributed by atoms with E-state index >= 15 is 0 Å². The minimum absolute atomic E-state index is 0.0558. The molecule has 1 N–H and O–H groups in total. The zero-order valence-corrected chi connectivity index (χ0v) is 21.2. The van der Waals surface area contributed by atoms with Gasteiger partial charge in [-0.2, -0.15) is 0 Å². The lowest BCUT2D eigenvalue weighted by Gasteiger charge is -2.34. The Morgan fingerprint density at radius 3 is 2.25 bits per heavy atom. The lowest BCUT2D eigenvalue weighted by atomic mass is 9.91. The second-order valence-corrected chi connectivity index (χ2v) is 9.51. The molecule has 0 saturated carbocycles. The van der Waals surface area contributed by atoms with Gasteiger partial charge in [0.15, 0.2) is 11.5 Å². The molecule has 9 heteroatoms. The van der Waals surface area contributed by atoms with Gasteiger partial charge in [-0.05, 0) is 50.2 Å². The van der Waals surface area contributed by atoms with E-state index in [9.17, 15) is 4.79 Å². The fourth-order valence-electron chi connectivity index (χ4n) is 5.11. The minimum atomic E-state index is -0.0558. The van der Waals surface area contributed by atoms with Gasteiger partial charge in [-0.25, -0.2) is 14.8 Å². The van der Waals surface area contributed by atoms with Crippen LogP contribution in [0.25, 0.3) is 10.9 Å². The number of hydrogen-bond donors (Lipinski definition) is 1. The molecule has 9 nitrogen and oxygen atoms in total. The summed E-state index contributed by atoms with van der Waals surface area (Å²) in [4.78, 5) is 28.6. The number of likely N-dealkylation sites (tertiary alicyclic amines) is 1. The number of hydrogen-bond acceptors (Lipinski definition) is 7. The topological polar surface area (TPSA) is 83.1 Å². The molecule has 2 aliphatic rings. The number of carbonyl (C=O) groups excluding carboxylic acids is 1. The molecule has 2 fully saturated rings. The Labute approximate surface area is 212 Å². The largest absolute Gasteiger partial charge is 0.493 e. The number of piperidine rings is 1. The Kier molecular flexibility index (Phi) is 7.09. The predicted octanol–water partition coefficient (Wildman–Crippen LogP) is 3.81. The molecule has 1 aromatic heterocycles. The number of carbonyl (C=O) groups is 1. The van der Waals surface area contributed by atoms with Gasteiger partial charge < -0.3 is 29.5 Å². The first-order valence-corrected chi connectivity index (χ1v) is 12.5. The highest BCUT2D eigenvalue weighted by atomic mass is 16.5. The minimum Gasteiger partial charge on any atom is -0.493 e. The molecule has 36 heavy (non-hydrogen) atoms. The van der Waals surface area contributed by atoms with E-state index in [1.54, 1.807) is 20.5 Å². The first-order valence-electron chi connectivity index (χ1n) is 12.5. The third-order valence-corrected chi connectivity index (χ3v) is 7.33. The van der Waals surface area contributed by atoms with Gasteiger partial charge in [0, 0.05) is 68.0 Å². The van der Waals surface area contributed by atoms with Crippen molar-refractivity contribution in [3.63, 3.8) is 0 Å². The SMILES string of the molecule is COc1cc2ncnc(C3CCN(C(=O)Nc4ccc(N5CCN(C)CC5)cc4)CC3)c2cc1OC. The van der Waals surface area contributed by atoms with Gasteiger partial charge in [0.05, 0.1) is 25.4 Å². The molecular weight excluding hydrogens is 456 g/mol. The molecule has 0 radical (unpaired) electrons. The average Bonchev–Trinajstić information content (AvgIpc) is 2.93. The summed E-state index contributed by atoms with van der Waals surface area (Å²) >= 11 is 0. The van der Waals surface area contributed by atoms with E-state index in [2.05, 4.69) is 44.3 Å². The molecular formula is C27H34N6O3. The van der Waals surface area contributed by atoms with Crippen molar-refractivity contribution in [1.29, 1.82) is 0 Å². The van der Waals surface area contributed by atoms with E-state index in [0.29, 0.717) is 24.6 Å². The number of ether oxygens (including phenoxy) is 2. The number of anilines is 2. The van der Waals surface area contributed by atoms with E-state index in [1.165, 1.54) is 5.69 Å². The van der Waals surface area contributed by atoms with Crippen molar-refractivity contribution in [3.8, 4) is 11.5 Å². The van der Waals surface area contributed by atoms with Gasteiger partial charge in [-0.15, -0.1) is 0 Å². The number of fused-ring (bicyclic) bond motifs is 1. The number of rotatable bonds is 5. The zero-order chi connectivity index (χ0) is 25.1. The van der Waals surface area contributed by atoms with Crippen molar-refractivity contribution < 1.29 is 14.3 Å². The molecule has 2 amide bonds. The number of urea groups is 1. The van der Waals surface area contributed by atoms with Crippen molar-refractivity contribution in [2.24, 2.45) is 0 Å². The number of aromatic nitrogens is 2. The number of likely N-dealkylation sites (N-methyl/N-ethyl adjacent to an activating group) is 1. The van der Waals surface area contributed by atoms with Crippen molar-refractivity contribution in [1.82, 2.24) is 19.8 Å². The maximum Gasteiger partial charge on any atom is 0.321 e. The first-order chi connectivity index (χ1) is 17.6. The fraction of sp³-hybridized carbons (Fsp3) is 0.444. The highest BCUT2D eigenvalue weighted by Gasteiger charge is 2.26. The number of methoxy groups -OCH3 is 2. The van der Waals surface area contributed by atoms with Crippen LogP contribution in [0.4, 0.5) is 16.2 Å². The molecule has 5 rings (SSSR count). The summed E-state index contributed by atoms with van der Waals surface area (Å²) in [5, 5.41) is 4.04. The van der Waals surface area contributed by atoms with Gasteiger partial charge in [0.2, 0.25) is 0 Å². The molecule has 3 aromatic rings. The molecule has 2 aromatic carbocycles. The van der Waals surface area contributed by atoms with Crippen LogP contribution < -0.4 is 19.7 Å². The van der Waals surface area contributed by atoms with Crippen LogP contribution >= 0.6 is 0 Å². The van der Waals surface area contributed by atoms with Crippen LogP contribution in [0.2, 0.25) is 0 Å². The molecule has 0 unspecified atom stereocenters. The lowest BCUT2D eigenvalue weighted by Crippen LogP contribution is -2.44. The Morgan fingerprint density at radius 2 is 1.58 bits per heavy atom. The number of benzene rings is 2. The van der Waals surface area contributed by atoms with Crippen molar-refractivity contribution >= 4 is 28.3 Å². The van der Waals surface area contributed by atoms with E-state index in [0.717, 1.165) is 61.3 Å². The number of amides is 2. The Bertz CT molecular complexity index is 1200. The van der Waals surface area contributed by atoms with E-state index in [1.807, 2.05) is 29.2 Å². The molecule has 0 atom stereocenters. The van der Waals surface area contributed by atoms with Gasteiger partial charge >= 0.3 is 6.03 Å². The van der Waals surface area contributed by atoms with Crippen LogP contribution in [0.1, 0.15) is 24.5 Å². The third kappa shape index (κ3) is 5.02. The normalized spacial score (nSPS) is 17.3. The van der Waals surface area contributed by atoms with Crippen LogP contribution in [-0.4, -0.2) is 86.3 Å².